The summed E-state index contributed by atoms with van der Waals surface area (Å²) in [6.07, 6.45) is 0. The predicted molar refractivity (Wildman–Crippen MR) is 86.0 cm³/mol. The van der Waals surface area contributed by atoms with Gasteiger partial charge in [-0.15, -0.1) is 11.3 Å². The fourth-order valence-corrected chi connectivity index (χ4v) is 3.78. The summed E-state index contributed by atoms with van der Waals surface area (Å²) in [4.78, 5) is 17.2. The molecule has 2 aromatic rings. The van der Waals surface area contributed by atoms with Crippen LogP contribution in [0, 0.1) is 0 Å². The fourth-order valence-electron chi connectivity index (χ4n) is 2.31. The van der Waals surface area contributed by atoms with Crippen molar-refractivity contribution in [2.24, 2.45) is 0 Å². The van der Waals surface area contributed by atoms with Gasteiger partial charge in [0.15, 0.2) is 0 Å². The summed E-state index contributed by atoms with van der Waals surface area (Å²) in [6.45, 7) is 2.06. The molecule has 0 saturated carbocycles. The fraction of sp³-hybridized carbons (Fsp3) is 0.214. The lowest BCUT2D eigenvalue weighted by Gasteiger charge is -2.19. The molecule has 2 N–H and O–H groups in total. The number of carbonyl (C=O) groups excluding carboxylic acids is 1. The van der Waals surface area contributed by atoms with E-state index in [9.17, 15) is 4.79 Å². The van der Waals surface area contributed by atoms with Crippen LogP contribution >= 0.6 is 27.3 Å². The Morgan fingerprint density at radius 2 is 2.10 bits per heavy atom. The summed E-state index contributed by atoms with van der Waals surface area (Å²) in [5.41, 5.74) is 7.39. The zero-order valence-electron chi connectivity index (χ0n) is 10.8. The Balaban J connectivity index is 1.76. The number of hydrogen-bond donors (Lipinski definition) is 1. The Hall–Kier alpha value is -1.53. The minimum atomic E-state index is 0.0208. The molecule has 1 aromatic heterocycles. The second kappa shape index (κ2) is 5.46. The third-order valence-corrected chi connectivity index (χ3v) is 4.97. The molecule has 0 radical (unpaired) electrons. The molecule has 2 heterocycles. The highest BCUT2D eigenvalue weighted by Crippen LogP contribution is 2.28. The number of benzene rings is 1. The summed E-state index contributed by atoms with van der Waals surface area (Å²) >= 11 is 5.09. The third kappa shape index (κ3) is 2.53. The first-order valence-electron chi connectivity index (χ1n) is 6.29. The highest BCUT2D eigenvalue weighted by atomic mass is 79.9. The monoisotopic (exact) mass is 351 g/mol. The highest BCUT2D eigenvalue weighted by molar-refractivity contribution is 9.10. The molecule has 6 heteroatoms. The molecule has 0 aliphatic carbocycles. The van der Waals surface area contributed by atoms with Crippen LogP contribution in [0.3, 0.4) is 0 Å². The second-order valence-electron chi connectivity index (χ2n) is 4.65. The van der Waals surface area contributed by atoms with Gasteiger partial charge in [-0.2, -0.15) is 0 Å². The molecule has 0 atom stereocenters. The van der Waals surface area contributed by atoms with Crippen LogP contribution in [0.5, 0.6) is 0 Å². The van der Waals surface area contributed by atoms with E-state index in [1.54, 1.807) is 16.2 Å². The van der Waals surface area contributed by atoms with Gasteiger partial charge in [-0.3, -0.25) is 4.90 Å². The molecule has 2 amide bonds. The Bertz CT molecular complexity index is 643. The molecular weight excluding hydrogens is 338 g/mol. The van der Waals surface area contributed by atoms with Gasteiger partial charge >= 0.3 is 6.03 Å². The normalized spacial score (nSPS) is 15.2. The molecule has 1 saturated heterocycles. The number of amides is 2. The Kier molecular flexibility index (Phi) is 3.67. The molecular formula is C14H14BrN3OS. The van der Waals surface area contributed by atoms with Crippen molar-refractivity contribution in [3.8, 4) is 0 Å². The van der Waals surface area contributed by atoms with E-state index in [0.717, 1.165) is 16.7 Å². The highest BCUT2D eigenvalue weighted by Gasteiger charge is 2.30. The summed E-state index contributed by atoms with van der Waals surface area (Å²) in [7, 11) is 0. The van der Waals surface area contributed by atoms with Crippen molar-refractivity contribution in [3.05, 3.63) is 45.1 Å². The van der Waals surface area contributed by atoms with Crippen molar-refractivity contribution < 1.29 is 4.79 Å². The number of hydrogen-bond acceptors (Lipinski definition) is 3. The molecule has 4 nitrogen and oxygen atoms in total. The van der Waals surface area contributed by atoms with Gasteiger partial charge in [0.1, 0.15) is 0 Å². The molecule has 1 aliphatic heterocycles. The largest absolute Gasteiger partial charge is 0.397 e. The van der Waals surface area contributed by atoms with Crippen molar-refractivity contribution in [2.45, 2.75) is 6.54 Å². The van der Waals surface area contributed by atoms with E-state index < -0.39 is 0 Å². The standard InChI is InChI=1S/C14H14BrN3OS/c15-10-7-11(20-9-10)8-17-5-6-18(14(17)19)13-4-2-1-3-12(13)16/h1-4,7,9H,5-6,8,16H2. The zero-order chi connectivity index (χ0) is 14.1. The van der Waals surface area contributed by atoms with Crippen LogP contribution in [-0.2, 0) is 6.54 Å². The number of anilines is 2. The molecule has 1 aromatic carbocycles. The van der Waals surface area contributed by atoms with Crippen molar-refractivity contribution in [1.82, 2.24) is 4.90 Å². The molecule has 3 rings (SSSR count). The van der Waals surface area contributed by atoms with Gasteiger partial charge in [0.2, 0.25) is 0 Å². The van der Waals surface area contributed by atoms with Gasteiger partial charge in [-0.25, -0.2) is 4.79 Å². The van der Waals surface area contributed by atoms with Crippen LogP contribution in [-0.4, -0.2) is 24.0 Å². The Morgan fingerprint density at radius 1 is 1.30 bits per heavy atom. The van der Waals surface area contributed by atoms with E-state index in [4.69, 9.17) is 5.73 Å². The lowest BCUT2D eigenvalue weighted by molar-refractivity contribution is 0.219. The minimum Gasteiger partial charge on any atom is -0.397 e. The first-order chi connectivity index (χ1) is 9.65. The lowest BCUT2D eigenvalue weighted by atomic mass is 10.2. The molecule has 0 spiro atoms. The van der Waals surface area contributed by atoms with Crippen LogP contribution in [0.4, 0.5) is 16.2 Å². The quantitative estimate of drug-likeness (QED) is 0.859. The molecule has 1 fully saturated rings. The van der Waals surface area contributed by atoms with Gasteiger partial charge in [-0.1, -0.05) is 12.1 Å². The van der Waals surface area contributed by atoms with Crippen LogP contribution in [0.15, 0.2) is 40.2 Å². The van der Waals surface area contributed by atoms with Crippen LogP contribution in [0.2, 0.25) is 0 Å². The molecule has 104 valence electrons. The molecule has 1 aliphatic rings. The Morgan fingerprint density at radius 3 is 2.80 bits per heavy atom. The van der Waals surface area contributed by atoms with Crippen LogP contribution in [0.25, 0.3) is 0 Å². The number of carbonyl (C=O) groups is 1. The van der Waals surface area contributed by atoms with Crippen molar-refractivity contribution >= 4 is 44.7 Å². The maximum absolute atomic E-state index is 12.5. The first kappa shape index (κ1) is 13.5. The van der Waals surface area contributed by atoms with E-state index in [1.807, 2.05) is 34.5 Å². The molecule has 0 unspecified atom stereocenters. The number of nitrogens with zero attached hydrogens (tertiary/aromatic N) is 2. The number of urea groups is 1. The summed E-state index contributed by atoms with van der Waals surface area (Å²) in [6, 6.07) is 9.56. The number of nitrogen functional groups attached to an aromatic ring is 1. The van der Waals surface area contributed by atoms with Crippen molar-refractivity contribution in [3.63, 3.8) is 0 Å². The van der Waals surface area contributed by atoms with Crippen LogP contribution < -0.4 is 10.6 Å². The SMILES string of the molecule is Nc1ccccc1N1CCN(Cc2cc(Br)cs2)C1=O. The maximum Gasteiger partial charge on any atom is 0.325 e. The lowest BCUT2D eigenvalue weighted by Crippen LogP contribution is -2.31. The summed E-state index contributed by atoms with van der Waals surface area (Å²) in [5.74, 6) is 0. The zero-order valence-corrected chi connectivity index (χ0v) is 13.2. The smallest absolute Gasteiger partial charge is 0.325 e. The molecule has 0 bridgehead atoms. The third-order valence-electron chi connectivity index (χ3n) is 3.29. The second-order valence-corrected chi connectivity index (χ2v) is 6.56. The first-order valence-corrected chi connectivity index (χ1v) is 7.96. The van der Waals surface area contributed by atoms with Crippen molar-refractivity contribution in [2.75, 3.05) is 23.7 Å². The average Bonchev–Trinajstić information content (AvgIpc) is 2.99. The van der Waals surface area contributed by atoms with Crippen molar-refractivity contribution in [1.29, 1.82) is 0 Å². The van der Waals surface area contributed by atoms with E-state index >= 15 is 0 Å². The van der Waals surface area contributed by atoms with Gasteiger partial charge in [0.25, 0.3) is 0 Å². The van der Waals surface area contributed by atoms with Gasteiger partial charge in [0.05, 0.1) is 17.9 Å². The van der Waals surface area contributed by atoms with E-state index in [2.05, 4.69) is 22.0 Å². The topological polar surface area (TPSA) is 49.6 Å². The average molecular weight is 352 g/mol. The maximum atomic E-state index is 12.5. The number of halogens is 1. The van der Waals surface area contributed by atoms with E-state index in [0.29, 0.717) is 18.8 Å². The molecule has 20 heavy (non-hydrogen) atoms. The van der Waals surface area contributed by atoms with E-state index in [-0.39, 0.29) is 6.03 Å². The summed E-state index contributed by atoms with van der Waals surface area (Å²) < 4.78 is 1.06. The summed E-state index contributed by atoms with van der Waals surface area (Å²) in [5, 5.41) is 2.03. The number of para-hydroxylation sites is 2. The van der Waals surface area contributed by atoms with Gasteiger partial charge in [-0.05, 0) is 34.1 Å². The van der Waals surface area contributed by atoms with Gasteiger partial charge in [0, 0.05) is 27.8 Å². The number of rotatable bonds is 3. The van der Waals surface area contributed by atoms with Gasteiger partial charge < -0.3 is 10.6 Å². The van der Waals surface area contributed by atoms with Crippen LogP contribution in [0.1, 0.15) is 4.88 Å². The minimum absolute atomic E-state index is 0.0208. The predicted octanol–water partition coefficient (Wildman–Crippen LogP) is 3.54. The number of thiophene rings is 1. The Labute approximate surface area is 129 Å². The van der Waals surface area contributed by atoms with E-state index in [1.165, 1.54) is 4.88 Å². The number of nitrogens with two attached hydrogens (primary N) is 1.